The van der Waals surface area contributed by atoms with Gasteiger partial charge in [-0.25, -0.2) is 13.1 Å². The number of methoxy groups -OCH3 is 1. The number of amides is 1. The van der Waals surface area contributed by atoms with Crippen molar-refractivity contribution in [2.45, 2.75) is 11.8 Å². The molecule has 0 atom stereocenters. The van der Waals surface area contributed by atoms with Crippen molar-refractivity contribution in [1.29, 1.82) is 0 Å². The number of ether oxygens (including phenoxy) is 1. The third kappa shape index (κ3) is 4.09. The third-order valence-electron chi connectivity index (χ3n) is 3.58. The Bertz CT molecular complexity index is 1090. The first-order valence-corrected chi connectivity index (χ1v) is 9.48. The second-order valence-corrected chi connectivity index (χ2v) is 7.53. The average Bonchev–Trinajstić information content (AvgIpc) is 3.08. The molecular formula is C17H14ClN3O5S. The molecule has 1 amide bonds. The second kappa shape index (κ2) is 7.37. The number of halogens is 1. The Labute approximate surface area is 160 Å². The summed E-state index contributed by atoms with van der Waals surface area (Å²) in [4.78, 5) is 16.2. The van der Waals surface area contributed by atoms with Crippen molar-refractivity contribution >= 4 is 27.5 Å². The first-order valence-electron chi connectivity index (χ1n) is 7.61. The van der Waals surface area contributed by atoms with E-state index < -0.39 is 15.9 Å². The van der Waals surface area contributed by atoms with E-state index >= 15 is 0 Å². The molecule has 0 unspecified atom stereocenters. The predicted octanol–water partition coefficient (Wildman–Crippen LogP) is 2.83. The SMILES string of the molecule is COc1ccc(Cl)cc1S(=O)(=O)NC(=O)c1ccc(-c2noc(C)n2)cc1. The van der Waals surface area contributed by atoms with E-state index in [1.807, 2.05) is 4.72 Å². The van der Waals surface area contributed by atoms with Crippen LogP contribution in [0.15, 0.2) is 51.9 Å². The molecule has 0 saturated carbocycles. The Morgan fingerprint density at radius 1 is 1.19 bits per heavy atom. The minimum absolute atomic E-state index is 0.0718. The lowest BCUT2D eigenvalue weighted by Gasteiger charge is -2.11. The smallest absolute Gasteiger partial charge is 0.268 e. The summed E-state index contributed by atoms with van der Waals surface area (Å²) in [5.41, 5.74) is 0.770. The zero-order valence-corrected chi connectivity index (χ0v) is 15.8. The van der Waals surface area contributed by atoms with Gasteiger partial charge < -0.3 is 9.26 Å². The van der Waals surface area contributed by atoms with Crippen molar-refractivity contribution in [3.8, 4) is 17.1 Å². The number of sulfonamides is 1. The number of aromatic nitrogens is 2. The van der Waals surface area contributed by atoms with Gasteiger partial charge >= 0.3 is 0 Å². The van der Waals surface area contributed by atoms with Gasteiger partial charge in [0.25, 0.3) is 15.9 Å². The van der Waals surface area contributed by atoms with Crippen molar-refractivity contribution in [1.82, 2.24) is 14.9 Å². The van der Waals surface area contributed by atoms with Gasteiger partial charge in [-0.15, -0.1) is 0 Å². The fourth-order valence-corrected chi connectivity index (χ4v) is 3.69. The third-order valence-corrected chi connectivity index (χ3v) is 5.16. The molecule has 140 valence electrons. The summed E-state index contributed by atoms with van der Waals surface area (Å²) in [5.74, 6) is 0.0551. The molecule has 0 aliphatic heterocycles. The Kier molecular flexibility index (Phi) is 5.15. The maximum atomic E-state index is 12.5. The van der Waals surface area contributed by atoms with Crippen LogP contribution in [0.25, 0.3) is 11.4 Å². The first kappa shape index (κ1) is 18.9. The molecule has 0 aliphatic carbocycles. The Balaban J connectivity index is 1.83. The van der Waals surface area contributed by atoms with Crippen LogP contribution in [0, 0.1) is 6.92 Å². The molecule has 0 fully saturated rings. The number of rotatable bonds is 5. The molecule has 0 radical (unpaired) electrons. The molecule has 1 heterocycles. The average molecular weight is 408 g/mol. The summed E-state index contributed by atoms with van der Waals surface area (Å²) in [6.07, 6.45) is 0. The molecule has 8 nitrogen and oxygen atoms in total. The van der Waals surface area contributed by atoms with Gasteiger partial charge in [0.1, 0.15) is 10.6 Å². The molecule has 3 rings (SSSR count). The van der Waals surface area contributed by atoms with E-state index in [9.17, 15) is 13.2 Å². The van der Waals surface area contributed by atoms with Crippen LogP contribution in [-0.2, 0) is 10.0 Å². The highest BCUT2D eigenvalue weighted by Crippen LogP contribution is 2.27. The van der Waals surface area contributed by atoms with Gasteiger partial charge in [-0.05, 0) is 30.3 Å². The number of nitrogens with zero attached hydrogens (tertiary/aromatic N) is 2. The van der Waals surface area contributed by atoms with Crippen LogP contribution < -0.4 is 9.46 Å². The maximum Gasteiger partial charge on any atom is 0.268 e. The highest BCUT2D eigenvalue weighted by molar-refractivity contribution is 7.90. The molecule has 0 bridgehead atoms. The van der Waals surface area contributed by atoms with Crippen LogP contribution in [0.3, 0.4) is 0 Å². The molecule has 0 saturated heterocycles. The van der Waals surface area contributed by atoms with Crippen LogP contribution in [0.2, 0.25) is 5.02 Å². The van der Waals surface area contributed by atoms with Crippen LogP contribution in [0.5, 0.6) is 5.75 Å². The highest BCUT2D eigenvalue weighted by Gasteiger charge is 2.23. The minimum atomic E-state index is -4.18. The quantitative estimate of drug-likeness (QED) is 0.692. The fraction of sp³-hybridized carbons (Fsp3) is 0.118. The summed E-state index contributed by atoms with van der Waals surface area (Å²) < 4.78 is 37.0. The van der Waals surface area contributed by atoms with E-state index in [1.54, 1.807) is 19.1 Å². The van der Waals surface area contributed by atoms with Gasteiger partial charge in [0, 0.05) is 23.1 Å². The Hall–Kier alpha value is -2.91. The monoisotopic (exact) mass is 407 g/mol. The zero-order chi connectivity index (χ0) is 19.6. The molecule has 27 heavy (non-hydrogen) atoms. The van der Waals surface area contributed by atoms with Gasteiger partial charge in [0.05, 0.1) is 7.11 Å². The topological polar surface area (TPSA) is 111 Å². The van der Waals surface area contributed by atoms with E-state index in [-0.39, 0.29) is 21.2 Å². The Morgan fingerprint density at radius 2 is 1.89 bits per heavy atom. The van der Waals surface area contributed by atoms with Gasteiger partial charge in [-0.2, -0.15) is 4.98 Å². The largest absolute Gasteiger partial charge is 0.495 e. The first-order chi connectivity index (χ1) is 12.8. The number of aryl methyl sites for hydroxylation is 1. The number of hydrogen-bond acceptors (Lipinski definition) is 7. The van der Waals surface area contributed by atoms with Crippen LogP contribution in [-0.4, -0.2) is 31.6 Å². The van der Waals surface area contributed by atoms with Crippen LogP contribution in [0.4, 0.5) is 0 Å². The predicted molar refractivity (Wildman–Crippen MR) is 97.1 cm³/mol. The zero-order valence-electron chi connectivity index (χ0n) is 14.3. The van der Waals surface area contributed by atoms with Gasteiger partial charge in [0.2, 0.25) is 11.7 Å². The molecule has 1 N–H and O–H groups in total. The van der Waals surface area contributed by atoms with E-state index in [2.05, 4.69) is 10.1 Å². The van der Waals surface area contributed by atoms with Crippen molar-refractivity contribution in [2.75, 3.05) is 7.11 Å². The number of carbonyl (C=O) groups is 1. The minimum Gasteiger partial charge on any atom is -0.495 e. The second-order valence-electron chi connectivity index (χ2n) is 5.44. The van der Waals surface area contributed by atoms with Gasteiger partial charge in [-0.1, -0.05) is 28.9 Å². The number of hydrogen-bond donors (Lipinski definition) is 1. The molecule has 3 aromatic rings. The van der Waals surface area contributed by atoms with Crippen molar-refractivity contribution in [3.05, 3.63) is 58.9 Å². The number of carbonyl (C=O) groups excluding carboxylic acids is 1. The lowest BCUT2D eigenvalue weighted by Crippen LogP contribution is -2.30. The standard InChI is InChI=1S/C17H14ClN3O5S/c1-10-19-16(20-26-10)11-3-5-12(6-4-11)17(22)21-27(23,24)15-9-13(18)7-8-14(15)25-2/h3-9H,1-2H3,(H,21,22). The van der Waals surface area contributed by atoms with Crippen LogP contribution in [0.1, 0.15) is 16.2 Å². The van der Waals surface area contributed by atoms with E-state index in [4.69, 9.17) is 20.9 Å². The van der Waals surface area contributed by atoms with Gasteiger partial charge in [-0.3, -0.25) is 4.79 Å². The lowest BCUT2D eigenvalue weighted by molar-refractivity contribution is 0.0981. The summed E-state index contributed by atoms with van der Waals surface area (Å²) >= 11 is 5.86. The van der Waals surface area contributed by atoms with E-state index in [0.717, 1.165) is 0 Å². The number of benzene rings is 2. The summed E-state index contributed by atoms with van der Waals surface area (Å²) in [5, 5.41) is 3.98. The van der Waals surface area contributed by atoms with Crippen molar-refractivity contribution in [2.24, 2.45) is 0 Å². The van der Waals surface area contributed by atoms with Crippen molar-refractivity contribution in [3.63, 3.8) is 0 Å². The lowest BCUT2D eigenvalue weighted by atomic mass is 10.1. The maximum absolute atomic E-state index is 12.5. The van der Waals surface area contributed by atoms with E-state index in [1.165, 1.54) is 37.4 Å². The molecule has 1 aromatic heterocycles. The number of nitrogens with one attached hydrogen (secondary N) is 1. The summed E-state index contributed by atoms with van der Waals surface area (Å²) in [6, 6.07) is 10.2. The van der Waals surface area contributed by atoms with Gasteiger partial charge in [0.15, 0.2) is 0 Å². The molecular weight excluding hydrogens is 394 g/mol. The normalized spacial score (nSPS) is 11.2. The summed E-state index contributed by atoms with van der Waals surface area (Å²) in [6.45, 7) is 1.66. The van der Waals surface area contributed by atoms with Crippen LogP contribution >= 0.6 is 11.6 Å². The summed E-state index contributed by atoms with van der Waals surface area (Å²) in [7, 11) is -2.86. The highest BCUT2D eigenvalue weighted by atomic mass is 35.5. The van der Waals surface area contributed by atoms with Crippen molar-refractivity contribution < 1.29 is 22.5 Å². The fourth-order valence-electron chi connectivity index (χ4n) is 2.28. The Morgan fingerprint density at radius 3 is 2.48 bits per heavy atom. The molecule has 10 heteroatoms. The molecule has 2 aromatic carbocycles. The molecule has 0 spiro atoms. The molecule has 0 aliphatic rings. The van der Waals surface area contributed by atoms with E-state index in [0.29, 0.717) is 17.3 Å².